The Labute approximate surface area is 266 Å². The minimum Gasteiger partial charge on any atom is -0.294 e. The molecule has 4 heterocycles. The Morgan fingerprint density at radius 2 is 1.00 bits per heavy atom. The van der Waals surface area contributed by atoms with Gasteiger partial charge in [0.1, 0.15) is 5.65 Å². The van der Waals surface area contributed by atoms with Gasteiger partial charge in [-0.15, -0.1) is 22.7 Å². The average molecular weight is 610 g/mol. The van der Waals surface area contributed by atoms with E-state index in [1.54, 1.807) is 0 Å². The summed E-state index contributed by atoms with van der Waals surface area (Å²) in [5, 5.41) is 7.29. The molecule has 45 heavy (non-hydrogen) atoms. The molecule has 6 aromatic carbocycles. The summed E-state index contributed by atoms with van der Waals surface area (Å²) in [6.07, 6.45) is 0. The lowest BCUT2D eigenvalue weighted by Crippen LogP contribution is -1.99. The van der Waals surface area contributed by atoms with E-state index in [-0.39, 0.29) is 0 Å². The Hall–Kier alpha value is -5.36. The van der Waals surface area contributed by atoms with Crippen LogP contribution in [0.2, 0.25) is 0 Å². The predicted octanol–water partition coefficient (Wildman–Crippen LogP) is 11.6. The van der Waals surface area contributed by atoms with E-state index in [1.165, 1.54) is 40.3 Å². The average Bonchev–Trinajstić information content (AvgIpc) is 3.78. The van der Waals surface area contributed by atoms with Crippen LogP contribution in [-0.4, -0.2) is 14.5 Å². The molecule has 0 saturated heterocycles. The molecule has 0 N–H and O–H groups in total. The van der Waals surface area contributed by atoms with Crippen LogP contribution in [-0.2, 0) is 0 Å². The highest BCUT2D eigenvalue weighted by Gasteiger charge is 2.23. The molecule has 3 nitrogen and oxygen atoms in total. The van der Waals surface area contributed by atoms with E-state index < -0.39 is 0 Å². The summed E-state index contributed by atoms with van der Waals surface area (Å²) in [6, 6.07) is 49.7. The highest BCUT2D eigenvalue weighted by molar-refractivity contribution is 7.26. The summed E-state index contributed by atoms with van der Waals surface area (Å²) >= 11 is 3.66. The van der Waals surface area contributed by atoms with Gasteiger partial charge in [0.2, 0.25) is 0 Å². The third kappa shape index (κ3) is 3.62. The standard InChI is InChI=1S/C40H23N3S2/c1-2-12-24(13-3-1)43-32-21-7-4-16-29(32)35-36(30-19-10-17-27-25-14-5-8-22-33(25)44-37(27)30)41-39(42-40(35)43)31-20-11-18-28-26-15-6-9-23-34(26)45-38(28)31/h1-23H. The van der Waals surface area contributed by atoms with Gasteiger partial charge in [-0.2, -0.15) is 0 Å². The zero-order chi connectivity index (χ0) is 29.5. The van der Waals surface area contributed by atoms with Gasteiger partial charge in [-0.25, -0.2) is 9.97 Å². The van der Waals surface area contributed by atoms with Crippen molar-refractivity contribution in [1.29, 1.82) is 0 Å². The molecule has 4 aromatic heterocycles. The van der Waals surface area contributed by atoms with Crippen molar-refractivity contribution in [2.24, 2.45) is 0 Å². The molecule has 0 unspecified atom stereocenters. The fourth-order valence-corrected chi connectivity index (χ4v) is 9.29. The molecule has 10 rings (SSSR count). The second kappa shape index (κ2) is 9.57. The molecule has 210 valence electrons. The van der Waals surface area contributed by atoms with Crippen molar-refractivity contribution >= 4 is 85.0 Å². The highest BCUT2D eigenvalue weighted by atomic mass is 32.1. The van der Waals surface area contributed by atoms with Gasteiger partial charge >= 0.3 is 0 Å². The number of nitrogens with zero attached hydrogens (tertiary/aromatic N) is 3. The van der Waals surface area contributed by atoms with E-state index >= 15 is 0 Å². The Bertz CT molecular complexity index is 2770. The quantitative estimate of drug-likeness (QED) is 0.199. The number of hydrogen-bond donors (Lipinski definition) is 0. The first-order valence-corrected chi connectivity index (χ1v) is 16.6. The first-order valence-electron chi connectivity index (χ1n) is 15.0. The van der Waals surface area contributed by atoms with E-state index in [0.29, 0.717) is 0 Å². The number of aromatic nitrogens is 3. The first-order chi connectivity index (χ1) is 22.3. The van der Waals surface area contributed by atoms with Crippen LogP contribution in [0.25, 0.3) is 90.6 Å². The molecule has 0 atom stereocenters. The van der Waals surface area contributed by atoms with Gasteiger partial charge in [0.05, 0.1) is 16.6 Å². The minimum atomic E-state index is 0.743. The third-order valence-corrected chi connectivity index (χ3v) is 11.3. The summed E-state index contributed by atoms with van der Waals surface area (Å²) in [4.78, 5) is 11.0. The molecule has 0 amide bonds. The number of para-hydroxylation sites is 2. The Kier molecular flexibility index (Phi) is 5.32. The number of rotatable bonds is 3. The van der Waals surface area contributed by atoms with Gasteiger partial charge in [-0.3, -0.25) is 4.57 Å². The van der Waals surface area contributed by atoms with Crippen LogP contribution in [0.5, 0.6) is 0 Å². The second-order valence-electron chi connectivity index (χ2n) is 11.3. The number of fused-ring (bicyclic) bond motifs is 9. The Morgan fingerprint density at radius 3 is 1.71 bits per heavy atom. The first kappa shape index (κ1) is 25.0. The minimum absolute atomic E-state index is 0.743. The van der Waals surface area contributed by atoms with Gasteiger partial charge in [0, 0.05) is 62.5 Å². The topological polar surface area (TPSA) is 30.7 Å². The molecule has 0 saturated carbocycles. The second-order valence-corrected chi connectivity index (χ2v) is 13.4. The zero-order valence-electron chi connectivity index (χ0n) is 23.9. The number of hydrogen-bond acceptors (Lipinski definition) is 4. The van der Waals surface area contributed by atoms with Crippen molar-refractivity contribution in [2.45, 2.75) is 0 Å². The maximum atomic E-state index is 5.53. The molecular formula is C40H23N3S2. The molecule has 0 aliphatic carbocycles. The Morgan fingerprint density at radius 1 is 0.444 bits per heavy atom. The van der Waals surface area contributed by atoms with E-state index in [2.05, 4.69) is 144 Å². The fraction of sp³-hybridized carbons (Fsp3) is 0. The molecular weight excluding hydrogens is 587 g/mol. The van der Waals surface area contributed by atoms with Crippen molar-refractivity contribution < 1.29 is 0 Å². The van der Waals surface area contributed by atoms with E-state index in [1.807, 2.05) is 22.7 Å². The van der Waals surface area contributed by atoms with Crippen molar-refractivity contribution in [3.05, 3.63) is 140 Å². The highest BCUT2D eigenvalue weighted by Crippen LogP contribution is 2.45. The van der Waals surface area contributed by atoms with Crippen molar-refractivity contribution in [3.8, 4) is 28.3 Å². The molecule has 10 aromatic rings. The maximum absolute atomic E-state index is 5.53. The number of thiophene rings is 2. The van der Waals surface area contributed by atoms with Crippen LogP contribution in [0.1, 0.15) is 0 Å². The Balaban J connectivity index is 1.39. The van der Waals surface area contributed by atoms with Crippen LogP contribution in [0.3, 0.4) is 0 Å². The van der Waals surface area contributed by atoms with Crippen LogP contribution in [0, 0.1) is 0 Å². The number of benzene rings is 6. The van der Waals surface area contributed by atoms with Crippen molar-refractivity contribution in [2.75, 3.05) is 0 Å². The monoisotopic (exact) mass is 609 g/mol. The summed E-state index contributed by atoms with van der Waals surface area (Å²) in [7, 11) is 0. The van der Waals surface area contributed by atoms with E-state index in [9.17, 15) is 0 Å². The molecule has 0 aliphatic rings. The molecule has 0 fully saturated rings. The molecule has 0 radical (unpaired) electrons. The lowest BCUT2D eigenvalue weighted by molar-refractivity contribution is 1.12. The lowest BCUT2D eigenvalue weighted by atomic mass is 10.0. The van der Waals surface area contributed by atoms with Gasteiger partial charge in [-0.05, 0) is 36.4 Å². The van der Waals surface area contributed by atoms with E-state index in [0.717, 1.165) is 50.3 Å². The van der Waals surface area contributed by atoms with Crippen LogP contribution in [0.4, 0.5) is 0 Å². The smallest absolute Gasteiger partial charge is 0.163 e. The summed E-state index contributed by atoms with van der Waals surface area (Å²) in [5.41, 5.74) is 6.29. The molecule has 0 bridgehead atoms. The lowest BCUT2D eigenvalue weighted by Gasteiger charge is -2.11. The molecule has 0 spiro atoms. The summed E-state index contributed by atoms with van der Waals surface area (Å²) in [5.74, 6) is 0.743. The normalized spacial score (nSPS) is 12.0. The van der Waals surface area contributed by atoms with Crippen LogP contribution >= 0.6 is 22.7 Å². The third-order valence-electron chi connectivity index (χ3n) is 8.83. The summed E-state index contributed by atoms with van der Waals surface area (Å²) < 4.78 is 7.32. The fourth-order valence-electron chi connectivity index (χ4n) is 6.86. The molecule has 0 aliphatic heterocycles. The van der Waals surface area contributed by atoms with E-state index in [4.69, 9.17) is 9.97 Å². The van der Waals surface area contributed by atoms with Gasteiger partial charge in [0.15, 0.2) is 5.82 Å². The maximum Gasteiger partial charge on any atom is 0.163 e. The van der Waals surface area contributed by atoms with Gasteiger partial charge in [0.25, 0.3) is 0 Å². The zero-order valence-corrected chi connectivity index (χ0v) is 25.6. The largest absolute Gasteiger partial charge is 0.294 e. The van der Waals surface area contributed by atoms with Crippen molar-refractivity contribution in [1.82, 2.24) is 14.5 Å². The van der Waals surface area contributed by atoms with Gasteiger partial charge in [-0.1, -0.05) is 103 Å². The summed E-state index contributed by atoms with van der Waals surface area (Å²) in [6.45, 7) is 0. The van der Waals surface area contributed by atoms with Gasteiger partial charge < -0.3 is 0 Å². The molecule has 5 heteroatoms. The van der Waals surface area contributed by atoms with Crippen LogP contribution in [0.15, 0.2) is 140 Å². The van der Waals surface area contributed by atoms with Crippen molar-refractivity contribution in [3.63, 3.8) is 0 Å². The predicted molar refractivity (Wildman–Crippen MR) is 193 cm³/mol. The SMILES string of the molecule is c1ccc(-n2c3ccccc3c3c(-c4cccc5c4sc4ccccc45)nc(-c4cccc5c4sc4ccccc45)nc32)cc1. The van der Waals surface area contributed by atoms with Crippen LogP contribution < -0.4 is 0 Å².